The van der Waals surface area contributed by atoms with Gasteiger partial charge < -0.3 is 0 Å². The summed E-state index contributed by atoms with van der Waals surface area (Å²) >= 11 is 0. The molecule has 0 aromatic carbocycles. The van der Waals surface area contributed by atoms with Gasteiger partial charge in [-0.3, -0.25) is 0 Å². The molecule has 4 rings (SSSR count). The van der Waals surface area contributed by atoms with Crippen LogP contribution in [0.1, 0.15) is 110 Å². The van der Waals surface area contributed by atoms with Crippen LogP contribution >= 0.6 is 0 Å². The molecule has 0 radical (unpaired) electrons. The van der Waals surface area contributed by atoms with Crippen LogP contribution in [-0.2, 0) is 0 Å². The van der Waals surface area contributed by atoms with Gasteiger partial charge in [0.15, 0.2) is 0 Å². The molecule has 4 fully saturated rings. The molecule has 0 bridgehead atoms. The second-order valence-electron chi connectivity index (χ2n) is 11.9. The Bertz CT molecular complexity index is 580. The van der Waals surface area contributed by atoms with Crippen LogP contribution in [0.25, 0.3) is 0 Å². The predicted molar refractivity (Wildman–Crippen MR) is 123 cm³/mol. The Balaban J connectivity index is 1.15. The zero-order valence-electron chi connectivity index (χ0n) is 19.8. The van der Waals surface area contributed by atoms with E-state index in [2.05, 4.69) is 6.92 Å². The lowest BCUT2D eigenvalue weighted by atomic mass is 9.63. The summed E-state index contributed by atoms with van der Waals surface area (Å²) in [6.45, 7) is 2.34. The highest BCUT2D eigenvalue weighted by molar-refractivity contribution is 5.00. The number of hydrogen-bond donors (Lipinski definition) is 0. The van der Waals surface area contributed by atoms with Crippen molar-refractivity contribution in [1.82, 2.24) is 0 Å². The molecule has 4 saturated carbocycles. The Morgan fingerprint density at radius 2 is 1.10 bits per heavy atom. The fourth-order valence-corrected chi connectivity index (χ4v) is 8.18. The molecule has 6 atom stereocenters. The monoisotopic (exact) mass is 433 g/mol. The van der Waals surface area contributed by atoms with Crippen molar-refractivity contribution in [2.45, 2.75) is 122 Å². The smallest absolute Gasteiger partial charge is 0.119 e. The number of rotatable bonds is 6. The van der Waals surface area contributed by atoms with Crippen LogP contribution in [0.3, 0.4) is 0 Å². The third-order valence-electron chi connectivity index (χ3n) is 10.1. The first-order valence-corrected chi connectivity index (χ1v) is 13.7. The van der Waals surface area contributed by atoms with Gasteiger partial charge in [0.1, 0.15) is 18.3 Å². The number of alkyl halides is 2. The van der Waals surface area contributed by atoms with Crippen LogP contribution in [-0.4, -0.2) is 12.3 Å². The Hall–Kier alpha value is -0.650. The first-order chi connectivity index (χ1) is 15.1. The van der Waals surface area contributed by atoms with Gasteiger partial charge in [-0.25, -0.2) is 8.78 Å². The normalized spacial score (nSPS) is 46.1. The lowest BCUT2D eigenvalue weighted by Gasteiger charge is -2.43. The minimum absolute atomic E-state index is 0.161. The molecule has 3 heteroatoms. The van der Waals surface area contributed by atoms with Crippen LogP contribution in [0, 0.1) is 58.7 Å². The van der Waals surface area contributed by atoms with Gasteiger partial charge in [-0.2, -0.15) is 5.26 Å². The average molecular weight is 434 g/mol. The van der Waals surface area contributed by atoms with Gasteiger partial charge in [0.05, 0.1) is 6.07 Å². The van der Waals surface area contributed by atoms with Gasteiger partial charge in [0, 0.05) is 0 Å². The maximum atomic E-state index is 14.2. The first kappa shape index (κ1) is 23.5. The van der Waals surface area contributed by atoms with Crippen molar-refractivity contribution in [1.29, 1.82) is 5.26 Å². The molecule has 0 aliphatic heterocycles. The van der Waals surface area contributed by atoms with E-state index in [1.54, 1.807) is 0 Å². The minimum Gasteiger partial charge on any atom is -0.246 e. The zero-order chi connectivity index (χ0) is 21.8. The van der Waals surface area contributed by atoms with Gasteiger partial charge in [0.25, 0.3) is 0 Å². The highest BCUT2D eigenvalue weighted by atomic mass is 19.1. The maximum absolute atomic E-state index is 14.2. The number of halogens is 2. The van der Waals surface area contributed by atoms with E-state index in [1.807, 2.05) is 6.07 Å². The molecule has 0 heterocycles. The molecule has 4 aliphatic rings. The van der Waals surface area contributed by atoms with E-state index in [-0.39, 0.29) is 5.92 Å². The van der Waals surface area contributed by atoms with Gasteiger partial charge in [0.2, 0.25) is 0 Å². The van der Waals surface area contributed by atoms with E-state index in [1.165, 1.54) is 77.0 Å². The summed E-state index contributed by atoms with van der Waals surface area (Å²) in [4.78, 5) is 0. The van der Waals surface area contributed by atoms with Crippen molar-refractivity contribution in [3.63, 3.8) is 0 Å². The fraction of sp³-hybridized carbons (Fsp3) is 0.964. The van der Waals surface area contributed by atoms with Crippen LogP contribution in [0.2, 0.25) is 0 Å². The van der Waals surface area contributed by atoms with Crippen LogP contribution < -0.4 is 0 Å². The fourth-order valence-electron chi connectivity index (χ4n) is 8.18. The molecule has 0 aromatic rings. The van der Waals surface area contributed by atoms with Crippen molar-refractivity contribution in [2.75, 3.05) is 0 Å². The van der Waals surface area contributed by atoms with Gasteiger partial charge in [-0.05, 0) is 92.8 Å². The third-order valence-corrected chi connectivity index (χ3v) is 10.1. The molecule has 31 heavy (non-hydrogen) atoms. The molecule has 1 nitrogen and oxygen atoms in total. The SMILES string of the molecule is CCCC1CCC2CC(CCC3CCC(C4CC(F)C(C#N)C(F)C4)CC3)CCC2C1. The number of nitriles is 1. The lowest BCUT2D eigenvalue weighted by molar-refractivity contribution is 0.0366. The molecule has 6 unspecified atom stereocenters. The number of fused-ring (bicyclic) bond motifs is 1. The molecule has 0 N–H and O–H groups in total. The van der Waals surface area contributed by atoms with Crippen LogP contribution in [0.5, 0.6) is 0 Å². The Kier molecular flexibility index (Phi) is 8.33. The van der Waals surface area contributed by atoms with Gasteiger partial charge in [-0.15, -0.1) is 0 Å². The van der Waals surface area contributed by atoms with E-state index in [9.17, 15) is 8.78 Å². The lowest BCUT2D eigenvalue weighted by Crippen LogP contribution is -2.38. The van der Waals surface area contributed by atoms with E-state index in [4.69, 9.17) is 5.26 Å². The van der Waals surface area contributed by atoms with Crippen molar-refractivity contribution >= 4 is 0 Å². The minimum atomic E-state index is -1.26. The summed E-state index contributed by atoms with van der Waals surface area (Å²) in [5.74, 6) is 4.50. The van der Waals surface area contributed by atoms with Gasteiger partial charge >= 0.3 is 0 Å². The Labute approximate surface area is 189 Å². The largest absolute Gasteiger partial charge is 0.246 e. The highest BCUT2D eigenvalue weighted by Crippen LogP contribution is 2.48. The third kappa shape index (κ3) is 5.83. The summed E-state index contributed by atoms with van der Waals surface area (Å²) in [6.07, 6.45) is 17.7. The Morgan fingerprint density at radius 3 is 1.65 bits per heavy atom. The molecule has 176 valence electrons. The second kappa shape index (κ2) is 11.0. The maximum Gasteiger partial charge on any atom is 0.119 e. The topological polar surface area (TPSA) is 23.8 Å². The number of hydrogen-bond acceptors (Lipinski definition) is 1. The Morgan fingerprint density at radius 1 is 0.613 bits per heavy atom. The van der Waals surface area contributed by atoms with Crippen LogP contribution in [0.4, 0.5) is 8.78 Å². The summed E-state index contributed by atoms with van der Waals surface area (Å²) in [5.41, 5.74) is 0. The van der Waals surface area contributed by atoms with Crippen molar-refractivity contribution < 1.29 is 8.78 Å². The van der Waals surface area contributed by atoms with Crippen molar-refractivity contribution in [3.05, 3.63) is 0 Å². The molecule has 0 saturated heterocycles. The molecular weight excluding hydrogens is 388 g/mol. The standard InChI is InChI=1S/C28H45F2N/c1-2-3-20-8-12-24-15-21(9-13-23(24)14-20)5-4-19-6-10-22(11-7-19)25-16-27(29)26(18-31)28(30)17-25/h19-28H,2-17H2,1H3. The summed E-state index contributed by atoms with van der Waals surface area (Å²) in [6, 6.07) is 1.86. The molecule has 0 amide bonds. The van der Waals surface area contributed by atoms with Crippen molar-refractivity contribution in [3.8, 4) is 6.07 Å². The summed E-state index contributed by atoms with van der Waals surface area (Å²) < 4.78 is 28.4. The van der Waals surface area contributed by atoms with Crippen molar-refractivity contribution in [2.24, 2.45) is 47.3 Å². The van der Waals surface area contributed by atoms with Gasteiger partial charge in [-0.1, -0.05) is 58.3 Å². The van der Waals surface area contributed by atoms with E-state index < -0.39 is 18.3 Å². The summed E-state index contributed by atoms with van der Waals surface area (Å²) in [7, 11) is 0. The average Bonchev–Trinajstić information content (AvgIpc) is 2.78. The molecule has 4 aliphatic carbocycles. The summed E-state index contributed by atoms with van der Waals surface area (Å²) in [5, 5.41) is 9.00. The van der Waals surface area contributed by atoms with E-state index in [0.29, 0.717) is 18.8 Å². The van der Waals surface area contributed by atoms with E-state index >= 15 is 0 Å². The highest BCUT2D eigenvalue weighted by Gasteiger charge is 2.42. The molecule has 0 aromatic heterocycles. The molecule has 0 spiro atoms. The first-order valence-electron chi connectivity index (χ1n) is 13.7. The zero-order valence-corrected chi connectivity index (χ0v) is 19.8. The predicted octanol–water partition coefficient (Wildman–Crippen LogP) is 8.43. The van der Waals surface area contributed by atoms with E-state index in [0.717, 1.165) is 42.4 Å². The number of nitrogens with zero attached hydrogens (tertiary/aromatic N) is 1. The molecular formula is C28H45F2N. The van der Waals surface area contributed by atoms with Crippen LogP contribution in [0.15, 0.2) is 0 Å². The quantitative estimate of drug-likeness (QED) is 0.412. The second-order valence-corrected chi connectivity index (χ2v) is 11.9.